The summed E-state index contributed by atoms with van der Waals surface area (Å²) in [7, 11) is 1.64. The molecule has 0 radical (unpaired) electrons. The first kappa shape index (κ1) is 15.6. The van der Waals surface area contributed by atoms with E-state index in [4.69, 9.17) is 4.74 Å². The zero-order valence-corrected chi connectivity index (χ0v) is 12.4. The predicted molar refractivity (Wildman–Crippen MR) is 75.1 cm³/mol. The van der Waals surface area contributed by atoms with Crippen molar-refractivity contribution in [2.75, 3.05) is 12.4 Å². The monoisotopic (exact) mass is 265 g/mol. The van der Waals surface area contributed by atoms with Crippen LogP contribution >= 0.6 is 0 Å². The van der Waals surface area contributed by atoms with E-state index in [0.717, 1.165) is 5.82 Å². The van der Waals surface area contributed by atoms with E-state index in [-0.39, 0.29) is 17.4 Å². The van der Waals surface area contributed by atoms with Crippen molar-refractivity contribution in [2.24, 2.45) is 0 Å². The van der Waals surface area contributed by atoms with Crippen molar-refractivity contribution in [3.05, 3.63) is 18.1 Å². The van der Waals surface area contributed by atoms with Gasteiger partial charge >= 0.3 is 0 Å². The Bertz CT molecular complexity index is 427. The van der Waals surface area contributed by atoms with Gasteiger partial charge in [-0.05, 0) is 19.4 Å². The molecule has 0 spiro atoms. The van der Waals surface area contributed by atoms with Gasteiger partial charge in [-0.1, -0.05) is 20.8 Å². The van der Waals surface area contributed by atoms with Crippen LogP contribution in [0.25, 0.3) is 0 Å². The standard InChI is InChI=1S/C14H23N3O2/c1-10(19-5)6-7-12(18)16-11-8-9-15-13(17-11)14(2,3)4/h8-10H,6-7H2,1-5H3,(H,15,16,17,18)/t10-/m1/s1. The van der Waals surface area contributed by atoms with Crippen molar-refractivity contribution in [3.63, 3.8) is 0 Å². The maximum absolute atomic E-state index is 11.8. The van der Waals surface area contributed by atoms with Gasteiger partial charge in [0.05, 0.1) is 6.10 Å². The largest absolute Gasteiger partial charge is 0.382 e. The highest BCUT2D eigenvalue weighted by Crippen LogP contribution is 2.18. The minimum atomic E-state index is -0.134. The van der Waals surface area contributed by atoms with E-state index in [1.54, 1.807) is 19.4 Å². The third-order valence-corrected chi connectivity index (χ3v) is 2.77. The van der Waals surface area contributed by atoms with E-state index in [1.807, 2.05) is 27.7 Å². The normalized spacial score (nSPS) is 13.1. The van der Waals surface area contributed by atoms with Crippen LogP contribution in [0, 0.1) is 0 Å². The van der Waals surface area contributed by atoms with Gasteiger partial charge < -0.3 is 10.1 Å². The zero-order valence-electron chi connectivity index (χ0n) is 12.4. The van der Waals surface area contributed by atoms with E-state index in [1.165, 1.54) is 0 Å². The van der Waals surface area contributed by atoms with Gasteiger partial charge in [-0.2, -0.15) is 0 Å². The molecule has 0 unspecified atom stereocenters. The molecule has 0 fully saturated rings. The van der Waals surface area contributed by atoms with E-state index in [2.05, 4.69) is 15.3 Å². The van der Waals surface area contributed by atoms with Gasteiger partial charge in [0.1, 0.15) is 11.6 Å². The van der Waals surface area contributed by atoms with Crippen molar-refractivity contribution < 1.29 is 9.53 Å². The number of amides is 1. The fourth-order valence-electron chi connectivity index (χ4n) is 1.45. The molecule has 1 N–H and O–H groups in total. The second kappa shape index (κ2) is 6.61. The van der Waals surface area contributed by atoms with Gasteiger partial charge in [-0.3, -0.25) is 4.79 Å². The molecular weight excluding hydrogens is 242 g/mol. The molecule has 19 heavy (non-hydrogen) atoms. The number of ether oxygens (including phenoxy) is 1. The average molecular weight is 265 g/mol. The van der Waals surface area contributed by atoms with Crippen LogP contribution < -0.4 is 5.32 Å². The van der Waals surface area contributed by atoms with Gasteiger partial charge in [0.15, 0.2) is 0 Å². The van der Waals surface area contributed by atoms with Gasteiger partial charge in [0, 0.05) is 25.1 Å². The molecule has 0 aliphatic carbocycles. The molecule has 0 aliphatic rings. The summed E-state index contributed by atoms with van der Waals surface area (Å²) in [6.07, 6.45) is 2.87. The molecule has 5 nitrogen and oxygen atoms in total. The maximum Gasteiger partial charge on any atom is 0.225 e. The Kier molecular flexibility index (Phi) is 5.42. The minimum Gasteiger partial charge on any atom is -0.382 e. The topological polar surface area (TPSA) is 64.1 Å². The summed E-state index contributed by atoms with van der Waals surface area (Å²) in [5.41, 5.74) is -0.134. The summed E-state index contributed by atoms with van der Waals surface area (Å²) < 4.78 is 5.11. The Balaban J connectivity index is 2.60. The maximum atomic E-state index is 11.8. The Hall–Kier alpha value is -1.49. The molecule has 0 saturated heterocycles. The number of hydrogen-bond donors (Lipinski definition) is 1. The number of methoxy groups -OCH3 is 1. The van der Waals surface area contributed by atoms with Crippen molar-refractivity contribution in [1.82, 2.24) is 9.97 Å². The Morgan fingerprint density at radius 2 is 2.16 bits per heavy atom. The number of nitrogens with zero attached hydrogens (tertiary/aromatic N) is 2. The third kappa shape index (κ3) is 5.34. The average Bonchev–Trinajstić information content (AvgIpc) is 2.35. The molecule has 1 heterocycles. The van der Waals surface area contributed by atoms with Crippen LogP contribution in [0.15, 0.2) is 12.3 Å². The number of rotatable bonds is 5. The SMILES string of the molecule is CO[C@H](C)CCC(=O)Nc1ccnc(C(C)(C)C)n1. The van der Waals surface area contributed by atoms with E-state index in [0.29, 0.717) is 18.7 Å². The second-order valence-electron chi connectivity index (χ2n) is 5.65. The lowest BCUT2D eigenvalue weighted by Crippen LogP contribution is -2.19. The molecule has 1 aromatic rings. The van der Waals surface area contributed by atoms with Crippen molar-refractivity contribution in [1.29, 1.82) is 0 Å². The van der Waals surface area contributed by atoms with Crippen LogP contribution in [0.2, 0.25) is 0 Å². The summed E-state index contributed by atoms with van der Waals surface area (Å²) in [5, 5.41) is 2.79. The van der Waals surface area contributed by atoms with Crippen LogP contribution in [-0.4, -0.2) is 29.1 Å². The highest BCUT2D eigenvalue weighted by atomic mass is 16.5. The fourth-order valence-corrected chi connectivity index (χ4v) is 1.45. The summed E-state index contributed by atoms with van der Waals surface area (Å²) in [5.74, 6) is 1.22. The molecule has 106 valence electrons. The number of carbonyl (C=O) groups is 1. The third-order valence-electron chi connectivity index (χ3n) is 2.77. The number of aromatic nitrogens is 2. The molecule has 1 aromatic heterocycles. The molecule has 1 atom stereocenters. The second-order valence-corrected chi connectivity index (χ2v) is 5.65. The zero-order chi connectivity index (χ0) is 14.5. The van der Waals surface area contributed by atoms with E-state index >= 15 is 0 Å². The van der Waals surface area contributed by atoms with Crippen LogP contribution in [0.4, 0.5) is 5.82 Å². The first-order valence-corrected chi connectivity index (χ1v) is 6.49. The number of hydrogen-bond acceptors (Lipinski definition) is 4. The van der Waals surface area contributed by atoms with Crippen LogP contribution in [0.1, 0.15) is 46.4 Å². The lowest BCUT2D eigenvalue weighted by Gasteiger charge is -2.17. The van der Waals surface area contributed by atoms with Crippen molar-refractivity contribution in [2.45, 2.75) is 52.1 Å². The Morgan fingerprint density at radius 3 is 2.74 bits per heavy atom. The molecule has 0 bridgehead atoms. The molecule has 0 saturated carbocycles. The summed E-state index contributed by atoms with van der Waals surface area (Å²) >= 11 is 0. The first-order valence-electron chi connectivity index (χ1n) is 6.49. The van der Waals surface area contributed by atoms with Crippen LogP contribution in [0.5, 0.6) is 0 Å². The Morgan fingerprint density at radius 1 is 1.47 bits per heavy atom. The van der Waals surface area contributed by atoms with Crippen molar-refractivity contribution >= 4 is 11.7 Å². The smallest absolute Gasteiger partial charge is 0.225 e. The minimum absolute atomic E-state index is 0.0533. The first-order chi connectivity index (χ1) is 8.82. The lowest BCUT2D eigenvalue weighted by atomic mass is 9.96. The van der Waals surface area contributed by atoms with Gasteiger partial charge in [0.25, 0.3) is 0 Å². The highest BCUT2D eigenvalue weighted by molar-refractivity contribution is 5.89. The number of anilines is 1. The fraction of sp³-hybridized carbons (Fsp3) is 0.643. The van der Waals surface area contributed by atoms with Gasteiger partial charge in [0.2, 0.25) is 5.91 Å². The molecule has 5 heteroatoms. The van der Waals surface area contributed by atoms with Gasteiger partial charge in [-0.25, -0.2) is 9.97 Å². The highest BCUT2D eigenvalue weighted by Gasteiger charge is 2.17. The number of carbonyl (C=O) groups excluding carboxylic acids is 1. The van der Waals surface area contributed by atoms with E-state index in [9.17, 15) is 4.79 Å². The summed E-state index contributed by atoms with van der Waals surface area (Å²) in [4.78, 5) is 20.3. The molecular formula is C14H23N3O2. The predicted octanol–water partition coefficient (Wildman–Crippen LogP) is 2.53. The molecule has 0 aliphatic heterocycles. The van der Waals surface area contributed by atoms with Crippen molar-refractivity contribution in [3.8, 4) is 0 Å². The van der Waals surface area contributed by atoms with Crippen LogP contribution in [0.3, 0.4) is 0 Å². The molecule has 0 aromatic carbocycles. The Labute approximate surface area is 114 Å². The summed E-state index contributed by atoms with van der Waals surface area (Å²) in [6.45, 7) is 8.05. The van der Waals surface area contributed by atoms with E-state index < -0.39 is 0 Å². The van der Waals surface area contributed by atoms with Crippen LogP contribution in [-0.2, 0) is 14.9 Å². The lowest BCUT2D eigenvalue weighted by molar-refractivity contribution is -0.116. The summed E-state index contributed by atoms with van der Waals surface area (Å²) in [6, 6.07) is 1.70. The molecule has 1 amide bonds. The van der Waals surface area contributed by atoms with Gasteiger partial charge in [-0.15, -0.1) is 0 Å². The molecule has 1 rings (SSSR count). The quantitative estimate of drug-likeness (QED) is 0.888. The number of nitrogens with one attached hydrogen (secondary N) is 1.